The van der Waals surface area contributed by atoms with Crippen LogP contribution in [0, 0.1) is 18.8 Å². The van der Waals surface area contributed by atoms with Gasteiger partial charge < -0.3 is 0 Å². The molecule has 0 N–H and O–H groups in total. The molecule has 1 aromatic carbocycles. The van der Waals surface area contributed by atoms with Crippen LogP contribution in [0.1, 0.15) is 56.6 Å². The fourth-order valence-corrected chi connectivity index (χ4v) is 3.29. The first-order chi connectivity index (χ1) is 7.68. The molecule has 0 heteroatoms. The van der Waals surface area contributed by atoms with Crippen LogP contribution in [0.25, 0.3) is 0 Å². The van der Waals surface area contributed by atoms with E-state index < -0.39 is 0 Å². The lowest BCUT2D eigenvalue weighted by Crippen LogP contribution is -2.22. The molecular formula is C16H24. The maximum absolute atomic E-state index is 2.44. The smallest absolute Gasteiger partial charge is 0.0159 e. The molecule has 0 amide bonds. The monoisotopic (exact) mass is 216 g/mol. The Labute approximate surface area is 100 Å². The van der Waals surface area contributed by atoms with Gasteiger partial charge in [-0.25, -0.2) is 0 Å². The normalized spacial score (nSPS) is 27.7. The summed E-state index contributed by atoms with van der Waals surface area (Å²) in [6, 6.07) is 9.07. The van der Waals surface area contributed by atoms with E-state index in [0.717, 1.165) is 17.8 Å². The summed E-state index contributed by atoms with van der Waals surface area (Å²) in [4.78, 5) is 0. The Morgan fingerprint density at radius 3 is 2.62 bits per heavy atom. The Balaban J connectivity index is 2.14. The zero-order valence-electron chi connectivity index (χ0n) is 10.9. The van der Waals surface area contributed by atoms with Crippen molar-refractivity contribution in [3.8, 4) is 0 Å². The predicted octanol–water partition coefficient (Wildman–Crippen LogP) is 4.92. The van der Waals surface area contributed by atoms with Crippen LogP contribution in [-0.2, 0) is 0 Å². The molecule has 3 atom stereocenters. The summed E-state index contributed by atoms with van der Waals surface area (Å²) in [5.74, 6) is 2.54. The quantitative estimate of drug-likeness (QED) is 0.658. The highest BCUT2D eigenvalue weighted by Gasteiger charge is 2.27. The molecule has 1 aromatic rings. The largest absolute Gasteiger partial charge is 0.0622 e. The number of rotatable bonds is 2. The Bertz CT molecular complexity index is 340. The van der Waals surface area contributed by atoms with Crippen molar-refractivity contribution in [1.29, 1.82) is 0 Å². The molecule has 0 aliphatic heterocycles. The maximum atomic E-state index is 2.44. The molecule has 88 valence electrons. The van der Waals surface area contributed by atoms with Gasteiger partial charge in [0.2, 0.25) is 0 Å². The number of hydrogen-bond acceptors (Lipinski definition) is 0. The minimum atomic E-state index is 0.732. The lowest BCUT2D eigenvalue weighted by molar-refractivity contribution is 0.224. The first-order valence-corrected chi connectivity index (χ1v) is 6.75. The van der Waals surface area contributed by atoms with E-state index in [-0.39, 0.29) is 0 Å². The van der Waals surface area contributed by atoms with Gasteiger partial charge in [-0.3, -0.25) is 0 Å². The van der Waals surface area contributed by atoms with E-state index in [0.29, 0.717) is 0 Å². The molecule has 0 aromatic heterocycles. The first-order valence-electron chi connectivity index (χ1n) is 6.75. The summed E-state index contributed by atoms with van der Waals surface area (Å²) in [5, 5.41) is 0. The number of benzene rings is 1. The molecule has 1 saturated carbocycles. The molecule has 0 radical (unpaired) electrons. The van der Waals surface area contributed by atoms with E-state index in [1.165, 1.54) is 31.2 Å². The van der Waals surface area contributed by atoms with Gasteiger partial charge in [0.25, 0.3) is 0 Å². The molecule has 2 rings (SSSR count). The Morgan fingerprint density at radius 2 is 1.94 bits per heavy atom. The molecule has 0 saturated heterocycles. The fraction of sp³-hybridized carbons (Fsp3) is 0.625. The van der Waals surface area contributed by atoms with Crippen molar-refractivity contribution in [3.05, 3.63) is 35.4 Å². The average molecular weight is 216 g/mol. The third-order valence-electron chi connectivity index (χ3n) is 4.39. The third kappa shape index (κ3) is 2.48. The molecule has 1 fully saturated rings. The van der Waals surface area contributed by atoms with Gasteiger partial charge in [0.15, 0.2) is 0 Å². The van der Waals surface area contributed by atoms with E-state index in [9.17, 15) is 0 Å². The predicted molar refractivity (Wildman–Crippen MR) is 70.7 cm³/mol. The standard InChI is InChI=1S/C16H24/c1-12-7-6-9-15(11-12)14(3)16-10-5-4-8-13(16)2/h6-7,9,11,13-14,16H,4-5,8,10H2,1-3H3. The van der Waals surface area contributed by atoms with E-state index in [2.05, 4.69) is 45.0 Å². The van der Waals surface area contributed by atoms with Crippen molar-refractivity contribution in [3.63, 3.8) is 0 Å². The van der Waals surface area contributed by atoms with E-state index in [1.807, 2.05) is 0 Å². The van der Waals surface area contributed by atoms with Gasteiger partial charge in [0.1, 0.15) is 0 Å². The summed E-state index contributed by atoms with van der Waals surface area (Å²) in [7, 11) is 0. The molecule has 0 spiro atoms. The van der Waals surface area contributed by atoms with Crippen molar-refractivity contribution in [2.75, 3.05) is 0 Å². The highest BCUT2D eigenvalue weighted by molar-refractivity contribution is 5.25. The second-order valence-corrected chi connectivity index (χ2v) is 5.63. The van der Waals surface area contributed by atoms with Crippen LogP contribution in [0.15, 0.2) is 24.3 Å². The van der Waals surface area contributed by atoms with Crippen LogP contribution in [-0.4, -0.2) is 0 Å². The van der Waals surface area contributed by atoms with E-state index in [4.69, 9.17) is 0 Å². The fourth-order valence-electron chi connectivity index (χ4n) is 3.29. The lowest BCUT2D eigenvalue weighted by atomic mass is 9.72. The molecule has 3 unspecified atom stereocenters. The van der Waals surface area contributed by atoms with Crippen molar-refractivity contribution in [2.45, 2.75) is 52.4 Å². The molecule has 0 bridgehead atoms. The van der Waals surface area contributed by atoms with Crippen molar-refractivity contribution < 1.29 is 0 Å². The highest BCUT2D eigenvalue weighted by Crippen LogP contribution is 2.39. The topological polar surface area (TPSA) is 0 Å². The Hall–Kier alpha value is -0.780. The zero-order valence-corrected chi connectivity index (χ0v) is 10.9. The van der Waals surface area contributed by atoms with Gasteiger partial charge in [-0.2, -0.15) is 0 Å². The molecule has 0 heterocycles. The van der Waals surface area contributed by atoms with Gasteiger partial charge in [-0.1, -0.05) is 62.9 Å². The molecular weight excluding hydrogens is 192 g/mol. The van der Waals surface area contributed by atoms with Gasteiger partial charge in [-0.05, 0) is 36.7 Å². The molecule has 1 aliphatic carbocycles. The van der Waals surface area contributed by atoms with Crippen molar-refractivity contribution in [2.24, 2.45) is 11.8 Å². The minimum Gasteiger partial charge on any atom is -0.0622 e. The van der Waals surface area contributed by atoms with Gasteiger partial charge in [0.05, 0.1) is 0 Å². The van der Waals surface area contributed by atoms with Crippen molar-refractivity contribution in [1.82, 2.24) is 0 Å². The average Bonchev–Trinajstić information content (AvgIpc) is 2.29. The van der Waals surface area contributed by atoms with Crippen LogP contribution >= 0.6 is 0 Å². The van der Waals surface area contributed by atoms with Crippen molar-refractivity contribution >= 4 is 0 Å². The second kappa shape index (κ2) is 5.03. The Morgan fingerprint density at radius 1 is 1.19 bits per heavy atom. The highest BCUT2D eigenvalue weighted by atomic mass is 14.3. The summed E-state index contributed by atoms with van der Waals surface area (Å²) >= 11 is 0. The van der Waals surface area contributed by atoms with Gasteiger partial charge in [0, 0.05) is 0 Å². The molecule has 1 aliphatic rings. The van der Waals surface area contributed by atoms with Crippen LogP contribution < -0.4 is 0 Å². The molecule has 0 nitrogen and oxygen atoms in total. The van der Waals surface area contributed by atoms with Crippen LogP contribution in [0.2, 0.25) is 0 Å². The van der Waals surface area contributed by atoms with Crippen LogP contribution in [0.4, 0.5) is 0 Å². The SMILES string of the molecule is Cc1cccc(C(C)C2CCCCC2C)c1. The Kier molecular flexibility index (Phi) is 3.68. The maximum Gasteiger partial charge on any atom is -0.0159 e. The molecule has 16 heavy (non-hydrogen) atoms. The summed E-state index contributed by atoms with van der Waals surface area (Å²) in [6.07, 6.45) is 5.74. The lowest BCUT2D eigenvalue weighted by Gasteiger charge is -2.34. The second-order valence-electron chi connectivity index (χ2n) is 5.63. The summed E-state index contributed by atoms with van der Waals surface area (Å²) in [6.45, 7) is 7.05. The van der Waals surface area contributed by atoms with Crippen LogP contribution in [0.5, 0.6) is 0 Å². The van der Waals surface area contributed by atoms with Crippen LogP contribution in [0.3, 0.4) is 0 Å². The summed E-state index contributed by atoms with van der Waals surface area (Å²) in [5.41, 5.74) is 2.94. The zero-order chi connectivity index (χ0) is 11.5. The van der Waals surface area contributed by atoms with E-state index >= 15 is 0 Å². The first kappa shape index (κ1) is 11.7. The minimum absolute atomic E-state index is 0.732. The van der Waals surface area contributed by atoms with Gasteiger partial charge >= 0.3 is 0 Å². The number of aryl methyl sites for hydroxylation is 1. The summed E-state index contributed by atoms with van der Waals surface area (Å²) < 4.78 is 0. The third-order valence-corrected chi connectivity index (χ3v) is 4.39. The van der Waals surface area contributed by atoms with E-state index in [1.54, 1.807) is 5.56 Å². The number of hydrogen-bond donors (Lipinski definition) is 0. The van der Waals surface area contributed by atoms with Gasteiger partial charge in [-0.15, -0.1) is 0 Å².